The van der Waals surface area contributed by atoms with Gasteiger partial charge in [0, 0.05) is 16.6 Å². The molecule has 0 spiro atoms. The zero-order valence-corrected chi connectivity index (χ0v) is 15.0. The van der Waals surface area contributed by atoms with Crippen molar-refractivity contribution in [1.29, 1.82) is 5.26 Å². The molecule has 1 aliphatic rings. The number of methoxy groups -OCH3 is 1. The maximum Gasteiger partial charge on any atom is 0.346 e. The minimum absolute atomic E-state index is 0.362. The zero-order valence-electron chi connectivity index (χ0n) is 13.4. The lowest BCUT2D eigenvalue weighted by atomic mass is 10.1. The van der Waals surface area contributed by atoms with Crippen LogP contribution in [0.3, 0.4) is 0 Å². The number of nitrogens with zero attached hydrogens (tertiary/aromatic N) is 2. The molecular weight excluding hydrogens is 376 g/mol. The normalized spacial score (nSPS) is 15.1. The number of hydrogen-bond acceptors (Lipinski definition) is 5. The SMILES string of the molecule is COc1cc(Br)cc(C=C(C#N)C(=O)O)c1OCCN1CCCC1. The third-order valence-corrected chi connectivity index (χ3v) is 4.23. The molecule has 7 heteroatoms. The molecule has 1 heterocycles. The van der Waals surface area contributed by atoms with Gasteiger partial charge in [-0.2, -0.15) is 5.26 Å². The van der Waals surface area contributed by atoms with Gasteiger partial charge in [0.15, 0.2) is 11.5 Å². The van der Waals surface area contributed by atoms with Crippen molar-refractivity contribution in [2.45, 2.75) is 12.8 Å². The minimum Gasteiger partial charge on any atom is -0.493 e. The molecule has 24 heavy (non-hydrogen) atoms. The van der Waals surface area contributed by atoms with E-state index in [-0.39, 0.29) is 5.57 Å². The summed E-state index contributed by atoms with van der Waals surface area (Å²) in [6.45, 7) is 3.41. The largest absolute Gasteiger partial charge is 0.493 e. The molecule has 0 atom stereocenters. The van der Waals surface area contributed by atoms with Crippen LogP contribution in [-0.2, 0) is 4.79 Å². The molecule has 0 radical (unpaired) electrons. The van der Waals surface area contributed by atoms with Crippen LogP contribution in [-0.4, -0.2) is 49.3 Å². The molecule has 1 N–H and O–H groups in total. The lowest BCUT2D eigenvalue weighted by molar-refractivity contribution is -0.132. The van der Waals surface area contributed by atoms with E-state index in [0.717, 1.165) is 19.6 Å². The van der Waals surface area contributed by atoms with Gasteiger partial charge < -0.3 is 14.6 Å². The van der Waals surface area contributed by atoms with Crippen molar-refractivity contribution in [1.82, 2.24) is 4.90 Å². The highest BCUT2D eigenvalue weighted by molar-refractivity contribution is 9.10. The maximum atomic E-state index is 11.1. The van der Waals surface area contributed by atoms with E-state index in [1.54, 1.807) is 18.2 Å². The van der Waals surface area contributed by atoms with Gasteiger partial charge in [-0.25, -0.2) is 4.79 Å². The number of hydrogen-bond donors (Lipinski definition) is 1. The second kappa shape index (κ2) is 8.71. The Kier molecular flexibility index (Phi) is 6.64. The molecule has 1 saturated heterocycles. The Morgan fingerprint density at radius 2 is 2.17 bits per heavy atom. The summed E-state index contributed by atoms with van der Waals surface area (Å²) >= 11 is 3.36. The quantitative estimate of drug-likeness (QED) is 0.565. The van der Waals surface area contributed by atoms with Crippen LogP contribution in [0.5, 0.6) is 11.5 Å². The Bertz CT molecular complexity index is 676. The fourth-order valence-corrected chi connectivity index (χ4v) is 3.04. The molecule has 128 valence electrons. The molecule has 0 saturated carbocycles. The minimum atomic E-state index is -1.28. The van der Waals surface area contributed by atoms with E-state index in [2.05, 4.69) is 20.8 Å². The summed E-state index contributed by atoms with van der Waals surface area (Å²) in [6.07, 6.45) is 3.71. The number of halogens is 1. The van der Waals surface area contributed by atoms with Gasteiger partial charge >= 0.3 is 5.97 Å². The van der Waals surface area contributed by atoms with E-state index in [4.69, 9.17) is 19.8 Å². The van der Waals surface area contributed by atoms with Crippen molar-refractivity contribution in [2.24, 2.45) is 0 Å². The predicted molar refractivity (Wildman–Crippen MR) is 93.1 cm³/mol. The second-order valence-corrected chi connectivity index (χ2v) is 6.31. The number of carbonyl (C=O) groups is 1. The molecule has 1 aromatic carbocycles. The Labute approximate surface area is 149 Å². The number of rotatable bonds is 7. The monoisotopic (exact) mass is 394 g/mol. The fraction of sp³-hybridized carbons (Fsp3) is 0.412. The summed E-state index contributed by atoms with van der Waals surface area (Å²) in [7, 11) is 1.52. The second-order valence-electron chi connectivity index (χ2n) is 5.40. The number of aliphatic carboxylic acids is 1. The number of ether oxygens (including phenoxy) is 2. The summed E-state index contributed by atoms with van der Waals surface area (Å²) < 4.78 is 11.9. The molecule has 1 fully saturated rings. The molecule has 1 aromatic rings. The Balaban J connectivity index is 2.25. The molecule has 6 nitrogen and oxygen atoms in total. The smallest absolute Gasteiger partial charge is 0.346 e. The molecule has 0 amide bonds. The van der Waals surface area contributed by atoms with Crippen LogP contribution in [0.4, 0.5) is 0 Å². The van der Waals surface area contributed by atoms with E-state index in [1.165, 1.54) is 26.0 Å². The number of likely N-dealkylation sites (tertiary alicyclic amines) is 1. The molecule has 0 aliphatic carbocycles. The summed E-state index contributed by atoms with van der Waals surface area (Å²) in [6, 6.07) is 5.12. The predicted octanol–water partition coefficient (Wildman–Crippen LogP) is 2.92. The first-order chi connectivity index (χ1) is 11.5. The van der Waals surface area contributed by atoms with E-state index in [9.17, 15) is 4.79 Å². The molecule has 0 aromatic heterocycles. The highest BCUT2D eigenvalue weighted by Gasteiger charge is 2.16. The van der Waals surface area contributed by atoms with Crippen LogP contribution in [0.25, 0.3) is 6.08 Å². The van der Waals surface area contributed by atoms with Crippen LogP contribution >= 0.6 is 15.9 Å². The van der Waals surface area contributed by atoms with Crippen molar-refractivity contribution in [2.75, 3.05) is 33.4 Å². The van der Waals surface area contributed by atoms with E-state index < -0.39 is 5.97 Å². The molecule has 1 aliphatic heterocycles. The van der Waals surface area contributed by atoms with Crippen LogP contribution < -0.4 is 9.47 Å². The van der Waals surface area contributed by atoms with Crippen LogP contribution in [0.15, 0.2) is 22.2 Å². The molecule has 0 unspecified atom stereocenters. The van der Waals surface area contributed by atoms with Gasteiger partial charge in [-0.3, -0.25) is 4.90 Å². The fourth-order valence-electron chi connectivity index (χ4n) is 2.58. The van der Waals surface area contributed by atoms with Gasteiger partial charge in [0.2, 0.25) is 0 Å². The van der Waals surface area contributed by atoms with Gasteiger partial charge in [0.05, 0.1) is 7.11 Å². The van der Waals surface area contributed by atoms with Gasteiger partial charge in [-0.05, 0) is 44.1 Å². The lowest BCUT2D eigenvalue weighted by Gasteiger charge is -2.18. The van der Waals surface area contributed by atoms with Gasteiger partial charge in [0.1, 0.15) is 18.2 Å². The summed E-state index contributed by atoms with van der Waals surface area (Å²) in [5.74, 6) is -0.354. The van der Waals surface area contributed by atoms with Crippen molar-refractivity contribution in [3.8, 4) is 17.6 Å². The van der Waals surface area contributed by atoms with Crippen molar-refractivity contribution >= 4 is 28.0 Å². The van der Waals surface area contributed by atoms with Gasteiger partial charge in [-0.15, -0.1) is 0 Å². The van der Waals surface area contributed by atoms with E-state index in [0.29, 0.717) is 28.1 Å². The zero-order chi connectivity index (χ0) is 17.5. The number of carboxylic acid groups (broad SMARTS) is 1. The number of nitriles is 1. The van der Waals surface area contributed by atoms with Crippen LogP contribution in [0.1, 0.15) is 18.4 Å². The summed E-state index contributed by atoms with van der Waals surface area (Å²) in [4.78, 5) is 13.4. The Morgan fingerprint density at radius 1 is 1.46 bits per heavy atom. The van der Waals surface area contributed by atoms with Crippen molar-refractivity contribution in [3.63, 3.8) is 0 Å². The van der Waals surface area contributed by atoms with Crippen molar-refractivity contribution < 1.29 is 19.4 Å². The topological polar surface area (TPSA) is 82.8 Å². The number of benzene rings is 1. The van der Waals surface area contributed by atoms with Crippen LogP contribution in [0, 0.1) is 11.3 Å². The van der Waals surface area contributed by atoms with Crippen LogP contribution in [0.2, 0.25) is 0 Å². The first-order valence-corrected chi connectivity index (χ1v) is 8.42. The summed E-state index contributed by atoms with van der Waals surface area (Å²) in [5, 5.41) is 18.0. The van der Waals surface area contributed by atoms with E-state index in [1.807, 2.05) is 0 Å². The van der Waals surface area contributed by atoms with E-state index >= 15 is 0 Å². The average molecular weight is 395 g/mol. The average Bonchev–Trinajstić information content (AvgIpc) is 3.06. The molecule has 0 bridgehead atoms. The maximum absolute atomic E-state index is 11.1. The molecular formula is C17H19BrN2O4. The highest BCUT2D eigenvalue weighted by Crippen LogP contribution is 2.36. The van der Waals surface area contributed by atoms with Gasteiger partial charge in [-0.1, -0.05) is 15.9 Å². The Hall–Kier alpha value is -2.04. The summed E-state index contributed by atoms with van der Waals surface area (Å²) in [5.41, 5.74) is 0.126. The first kappa shape index (κ1) is 18.3. The number of carboxylic acids is 1. The van der Waals surface area contributed by atoms with Crippen molar-refractivity contribution in [3.05, 3.63) is 27.7 Å². The standard InChI is InChI=1S/C17H19BrN2O4/c1-23-15-10-14(18)9-12(8-13(11-19)17(21)22)16(15)24-7-6-20-4-2-3-5-20/h8-10H,2-7H2,1H3,(H,21,22). The highest BCUT2D eigenvalue weighted by atomic mass is 79.9. The first-order valence-electron chi connectivity index (χ1n) is 7.63. The molecule has 2 rings (SSSR count). The third kappa shape index (κ3) is 4.73. The van der Waals surface area contributed by atoms with Gasteiger partial charge in [0.25, 0.3) is 0 Å². The lowest BCUT2D eigenvalue weighted by Crippen LogP contribution is -2.25. The Morgan fingerprint density at radius 3 is 2.75 bits per heavy atom. The third-order valence-electron chi connectivity index (χ3n) is 3.77.